The molecule has 2 heterocycles. The monoisotopic (exact) mass is 367 g/mol. The molecule has 0 unspecified atom stereocenters. The highest BCUT2D eigenvalue weighted by Crippen LogP contribution is 2.31. The van der Waals surface area contributed by atoms with Crippen molar-refractivity contribution in [3.05, 3.63) is 41.7 Å². The number of hydrogen-bond donors (Lipinski definition) is 2. The van der Waals surface area contributed by atoms with Crippen LogP contribution in [0, 0.1) is 6.92 Å². The van der Waals surface area contributed by atoms with E-state index in [1.807, 2.05) is 13.1 Å². The van der Waals surface area contributed by atoms with E-state index in [1.165, 1.54) is 41.3 Å². The summed E-state index contributed by atoms with van der Waals surface area (Å²) >= 11 is 0. The molecule has 3 aromatic rings. The summed E-state index contributed by atoms with van der Waals surface area (Å²) in [6.45, 7) is 4.49. The Morgan fingerprint density at radius 2 is 1.96 bits per heavy atom. The molecule has 0 spiro atoms. The maximum absolute atomic E-state index is 11.3. The quantitative estimate of drug-likeness (QED) is 0.377. The Balaban J connectivity index is 1.53. The summed E-state index contributed by atoms with van der Waals surface area (Å²) in [5.74, 6) is 0.815. The van der Waals surface area contributed by atoms with Gasteiger partial charge in [0, 0.05) is 29.7 Å². The number of imidazole rings is 1. The highest BCUT2D eigenvalue weighted by molar-refractivity contribution is 5.92. The predicted molar refractivity (Wildman–Crippen MR) is 109 cm³/mol. The number of aromatic nitrogens is 3. The van der Waals surface area contributed by atoms with Crippen LogP contribution in [0.2, 0.25) is 0 Å². The zero-order chi connectivity index (χ0) is 19.1. The number of H-pyrrole nitrogens is 2. The Labute approximate surface area is 160 Å². The summed E-state index contributed by atoms with van der Waals surface area (Å²) in [4.78, 5) is 22.4. The first kappa shape index (κ1) is 19.2. The van der Waals surface area contributed by atoms with Crippen molar-refractivity contribution in [1.82, 2.24) is 15.0 Å². The maximum Gasteiger partial charge on any atom is 0.305 e. The lowest BCUT2D eigenvalue weighted by Crippen LogP contribution is -2.03. The van der Waals surface area contributed by atoms with Crippen LogP contribution >= 0.6 is 0 Å². The minimum atomic E-state index is -0.0699. The predicted octanol–water partition coefficient (Wildman–Crippen LogP) is 5.31. The molecule has 2 aromatic heterocycles. The molecule has 5 nitrogen and oxygen atoms in total. The number of carbonyl (C=O) groups excluding carboxylic acids is 1. The van der Waals surface area contributed by atoms with Crippen molar-refractivity contribution in [1.29, 1.82) is 0 Å². The van der Waals surface area contributed by atoms with Crippen molar-refractivity contribution in [3.63, 3.8) is 0 Å². The van der Waals surface area contributed by atoms with E-state index in [1.54, 1.807) is 6.20 Å². The van der Waals surface area contributed by atoms with E-state index < -0.39 is 0 Å². The van der Waals surface area contributed by atoms with Crippen LogP contribution in [-0.4, -0.2) is 27.5 Å². The number of fused-ring (bicyclic) bond motifs is 1. The molecule has 2 N–H and O–H groups in total. The Morgan fingerprint density at radius 3 is 2.74 bits per heavy atom. The molecule has 3 rings (SSSR count). The van der Waals surface area contributed by atoms with E-state index in [0.29, 0.717) is 13.0 Å². The zero-order valence-electron chi connectivity index (χ0n) is 16.3. The van der Waals surface area contributed by atoms with E-state index in [2.05, 4.69) is 40.1 Å². The number of hydrogen-bond acceptors (Lipinski definition) is 3. The molecule has 0 aliphatic rings. The van der Waals surface area contributed by atoms with Gasteiger partial charge in [-0.3, -0.25) is 4.79 Å². The number of aromatic amines is 2. The van der Waals surface area contributed by atoms with Crippen molar-refractivity contribution in [3.8, 4) is 11.5 Å². The number of aryl methyl sites for hydroxylation is 2. The van der Waals surface area contributed by atoms with Crippen LogP contribution in [-0.2, 0) is 16.0 Å². The van der Waals surface area contributed by atoms with Crippen LogP contribution < -0.4 is 0 Å². The maximum atomic E-state index is 11.3. The normalized spacial score (nSPS) is 11.2. The number of ether oxygens (including phenoxy) is 1. The molecule has 0 atom stereocenters. The van der Waals surface area contributed by atoms with Gasteiger partial charge in [-0.1, -0.05) is 31.4 Å². The van der Waals surface area contributed by atoms with Gasteiger partial charge in [0.2, 0.25) is 0 Å². The third-order valence-electron chi connectivity index (χ3n) is 5.03. The molecule has 0 aliphatic heterocycles. The second-order valence-corrected chi connectivity index (χ2v) is 6.98. The number of rotatable bonds is 10. The molecule has 0 saturated heterocycles. The summed E-state index contributed by atoms with van der Waals surface area (Å²) in [6, 6.07) is 6.49. The van der Waals surface area contributed by atoms with Crippen LogP contribution in [0.15, 0.2) is 30.6 Å². The molecule has 1 aromatic carbocycles. The van der Waals surface area contributed by atoms with Gasteiger partial charge in [-0.05, 0) is 50.3 Å². The number of unbranched alkanes of at least 4 members (excludes halogenated alkanes) is 4. The third-order valence-corrected chi connectivity index (χ3v) is 5.03. The van der Waals surface area contributed by atoms with E-state index in [4.69, 9.17) is 4.74 Å². The summed E-state index contributed by atoms with van der Waals surface area (Å²) in [5.41, 5.74) is 4.89. The molecule has 5 heteroatoms. The van der Waals surface area contributed by atoms with Crippen molar-refractivity contribution in [2.75, 3.05) is 6.61 Å². The highest BCUT2D eigenvalue weighted by atomic mass is 16.5. The highest BCUT2D eigenvalue weighted by Gasteiger charge is 2.13. The largest absolute Gasteiger partial charge is 0.466 e. The standard InChI is InChI=1S/C22H29N3O2/c1-3-27-19(26)13-8-6-4-5-7-10-17-11-9-12-18-20(17)16(2)21(25-18)22-23-14-15-24-22/h9,11-12,14-15,25H,3-8,10,13H2,1-2H3,(H,23,24). The smallest absolute Gasteiger partial charge is 0.305 e. The molecule has 144 valence electrons. The lowest BCUT2D eigenvalue weighted by Gasteiger charge is -2.05. The molecule has 0 fully saturated rings. The van der Waals surface area contributed by atoms with E-state index in [9.17, 15) is 4.79 Å². The molecule has 0 saturated carbocycles. The van der Waals surface area contributed by atoms with Gasteiger partial charge in [0.15, 0.2) is 5.82 Å². The van der Waals surface area contributed by atoms with Crippen LogP contribution in [0.25, 0.3) is 22.4 Å². The summed E-state index contributed by atoms with van der Waals surface area (Å²) in [7, 11) is 0. The molecule has 0 amide bonds. The van der Waals surface area contributed by atoms with Gasteiger partial charge in [-0.15, -0.1) is 0 Å². The summed E-state index contributed by atoms with van der Waals surface area (Å²) in [6.07, 6.45) is 10.8. The van der Waals surface area contributed by atoms with Crippen LogP contribution in [0.5, 0.6) is 0 Å². The fourth-order valence-electron chi connectivity index (χ4n) is 3.70. The number of nitrogens with zero attached hydrogens (tertiary/aromatic N) is 1. The van der Waals surface area contributed by atoms with E-state index >= 15 is 0 Å². The van der Waals surface area contributed by atoms with Crippen LogP contribution in [0.3, 0.4) is 0 Å². The Bertz CT molecular complexity index is 865. The summed E-state index contributed by atoms with van der Waals surface area (Å²) < 4.78 is 4.96. The second-order valence-electron chi connectivity index (χ2n) is 6.98. The van der Waals surface area contributed by atoms with Crippen molar-refractivity contribution in [2.24, 2.45) is 0 Å². The van der Waals surface area contributed by atoms with Crippen molar-refractivity contribution < 1.29 is 9.53 Å². The third kappa shape index (κ3) is 4.79. The molecule has 27 heavy (non-hydrogen) atoms. The van der Waals surface area contributed by atoms with Crippen molar-refractivity contribution in [2.45, 2.75) is 58.8 Å². The Kier molecular flexibility index (Phi) is 6.69. The van der Waals surface area contributed by atoms with Gasteiger partial charge < -0.3 is 14.7 Å². The average molecular weight is 367 g/mol. The first-order valence-corrected chi connectivity index (χ1v) is 9.96. The van der Waals surface area contributed by atoms with Gasteiger partial charge in [0.05, 0.1) is 12.3 Å². The average Bonchev–Trinajstić information content (AvgIpc) is 3.29. The van der Waals surface area contributed by atoms with E-state index in [0.717, 1.165) is 30.8 Å². The van der Waals surface area contributed by atoms with Gasteiger partial charge in [0.1, 0.15) is 0 Å². The molecule has 0 radical (unpaired) electrons. The topological polar surface area (TPSA) is 70.8 Å². The minimum Gasteiger partial charge on any atom is -0.466 e. The first-order chi connectivity index (χ1) is 13.2. The van der Waals surface area contributed by atoms with Gasteiger partial charge >= 0.3 is 5.97 Å². The molecule has 0 bridgehead atoms. The Hall–Kier alpha value is -2.56. The molecular formula is C22H29N3O2. The summed E-state index contributed by atoms with van der Waals surface area (Å²) in [5, 5.41) is 1.33. The van der Waals surface area contributed by atoms with Crippen LogP contribution in [0.1, 0.15) is 56.6 Å². The number of benzene rings is 1. The van der Waals surface area contributed by atoms with Crippen molar-refractivity contribution >= 4 is 16.9 Å². The lowest BCUT2D eigenvalue weighted by molar-refractivity contribution is -0.143. The lowest BCUT2D eigenvalue weighted by atomic mass is 9.99. The molecular weight excluding hydrogens is 338 g/mol. The fraction of sp³-hybridized carbons (Fsp3) is 0.455. The number of carbonyl (C=O) groups is 1. The SMILES string of the molecule is CCOC(=O)CCCCCCCc1cccc2[nH]c(-c3ncc[nH]3)c(C)c12. The second kappa shape index (κ2) is 9.40. The number of nitrogens with one attached hydrogen (secondary N) is 2. The fourth-order valence-corrected chi connectivity index (χ4v) is 3.70. The number of esters is 1. The Morgan fingerprint density at radius 1 is 1.15 bits per heavy atom. The first-order valence-electron chi connectivity index (χ1n) is 9.96. The minimum absolute atomic E-state index is 0.0699. The van der Waals surface area contributed by atoms with Gasteiger partial charge in [0.25, 0.3) is 0 Å². The van der Waals surface area contributed by atoms with E-state index in [-0.39, 0.29) is 5.97 Å². The zero-order valence-corrected chi connectivity index (χ0v) is 16.3. The van der Waals surface area contributed by atoms with Crippen LogP contribution in [0.4, 0.5) is 0 Å². The van der Waals surface area contributed by atoms with Gasteiger partial charge in [-0.2, -0.15) is 0 Å². The molecule has 0 aliphatic carbocycles. The van der Waals surface area contributed by atoms with Gasteiger partial charge in [-0.25, -0.2) is 4.98 Å².